The van der Waals surface area contributed by atoms with Crippen molar-refractivity contribution in [2.24, 2.45) is 11.8 Å². The molecule has 3 heterocycles. The van der Waals surface area contributed by atoms with Crippen LogP contribution in [-0.4, -0.2) is 89.1 Å². The third kappa shape index (κ3) is 6.86. The number of pyridine rings is 1. The molecule has 2 saturated carbocycles. The van der Waals surface area contributed by atoms with Crippen molar-refractivity contribution >= 4 is 45.2 Å². The lowest BCUT2D eigenvalue weighted by Crippen LogP contribution is -2.38. The minimum absolute atomic E-state index is 0. The van der Waals surface area contributed by atoms with Crippen molar-refractivity contribution < 1.29 is 27.8 Å². The predicted octanol–water partition coefficient (Wildman–Crippen LogP) is 2.96. The molecule has 0 spiro atoms. The number of aliphatic hydroxyl groups excluding tert-OH is 2. The second kappa shape index (κ2) is 12.3. The van der Waals surface area contributed by atoms with Crippen molar-refractivity contribution in [1.29, 1.82) is 0 Å². The number of rotatable bonds is 11. The van der Waals surface area contributed by atoms with E-state index in [0.29, 0.717) is 64.9 Å². The maximum atomic E-state index is 11.9. The summed E-state index contributed by atoms with van der Waals surface area (Å²) in [5.74, 6) is 2.12. The molecule has 3 aromatic rings. The van der Waals surface area contributed by atoms with Crippen LogP contribution in [0.25, 0.3) is 22.3 Å². The third-order valence-electron chi connectivity index (χ3n) is 7.70. The highest BCUT2D eigenvalue weighted by atomic mass is 35.5. The molecule has 2 fully saturated rings. The van der Waals surface area contributed by atoms with Crippen molar-refractivity contribution in [3.05, 3.63) is 23.5 Å². The van der Waals surface area contributed by atoms with E-state index in [1.165, 1.54) is 24.2 Å². The molecule has 12 nitrogen and oxygen atoms in total. The quantitative estimate of drug-likeness (QED) is 0.252. The van der Waals surface area contributed by atoms with Crippen LogP contribution in [0.1, 0.15) is 37.6 Å². The average Bonchev–Trinajstić information content (AvgIpc) is 3.56. The Balaban J connectivity index is 0.00000387. The number of fused-ring (bicyclic) bond motifs is 1. The second-order valence-corrected chi connectivity index (χ2v) is 13.0. The van der Waals surface area contributed by atoms with Crippen LogP contribution in [0.5, 0.6) is 5.88 Å². The van der Waals surface area contributed by atoms with E-state index in [1.54, 1.807) is 0 Å². The molecule has 2 aliphatic carbocycles. The topological polar surface area (TPSA) is 163 Å². The Hall–Kier alpha value is -2.71. The molecule has 0 bridgehead atoms. The number of ether oxygens (including phenoxy) is 1. The van der Waals surface area contributed by atoms with E-state index in [1.807, 2.05) is 32.9 Å². The summed E-state index contributed by atoms with van der Waals surface area (Å²) in [6.45, 7) is 7.00. The lowest BCUT2D eigenvalue weighted by molar-refractivity contribution is 0.0148. The fraction of sp³-hybridized carbons (Fsp3) is 0.593. The number of aromatic nitrogens is 3. The largest absolute Gasteiger partial charge is 0.478 e. The van der Waals surface area contributed by atoms with Gasteiger partial charge in [-0.3, -0.25) is 0 Å². The lowest BCUT2D eigenvalue weighted by Gasteiger charge is -2.21. The summed E-state index contributed by atoms with van der Waals surface area (Å²) in [5.41, 5.74) is 2.62. The van der Waals surface area contributed by atoms with E-state index in [4.69, 9.17) is 19.1 Å². The van der Waals surface area contributed by atoms with Crippen molar-refractivity contribution in [3.63, 3.8) is 0 Å². The first-order chi connectivity index (χ1) is 18.9. The highest BCUT2D eigenvalue weighted by molar-refractivity contribution is 7.88. The maximum Gasteiger partial charge on any atom is 0.224 e. The summed E-state index contributed by atoms with van der Waals surface area (Å²) in [5, 5.41) is 29.2. The molecule has 0 radical (unpaired) electrons. The number of anilines is 2. The summed E-state index contributed by atoms with van der Waals surface area (Å²) in [6, 6.07) is 3.15. The molecular formula is C27H39ClN6O6S. The molecule has 0 amide bonds. The Morgan fingerprint density at radius 2 is 1.85 bits per heavy atom. The molecule has 2 aliphatic rings. The van der Waals surface area contributed by atoms with Crippen molar-refractivity contribution in [3.8, 4) is 17.2 Å². The summed E-state index contributed by atoms with van der Waals surface area (Å²) in [4.78, 5) is 13.9. The lowest BCUT2D eigenvalue weighted by atomic mass is 10.1. The van der Waals surface area contributed by atoms with Gasteiger partial charge in [0.05, 0.1) is 42.0 Å². The van der Waals surface area contributed by atoms with Gasteiger partial charge in [-0.25, -0.2) is 22.7 Å². The van der Waals surface area contributed by atoms with Crippen LogP contribution < -0.4 is 15.4 Å². The van der Waals surface area contributed by atoms with E-state index in [9.17, 15) is 18.6 Å². The fourth-order valence-corrected chi connectivity index (χ4v) is 5.68. The summed E-state index contributed by atoms with van der Waals surface area (Å²) < 4.78 is 37.0. The fourth-order valence-electron chi connectivity index (χ4n) is 5.22. The first kappa shape index (κ1) is 31.2. The van der Waals surface area contributed by atoms with Crippen molar-refractivity contribution in [2.75, 3.05) is 43.6 Å². The summed E-state index contributed by atoms with van der Waals surface area (Å²) >= 11 is 0. The van der Waals surface area contributed by atoms with Gasteiger partial charge in [0.15, 0.2) is 5.58 Å². The normalized spacial score (nSPS) is 22.6. The number of furan rings is 1. The zero-order valence-corrected chi connectivity index (χ0v) is 25.5. The molecule has 0 aliphatic heterocycles. The summed E-state index contributed by atoms with van der Waals surface area (Å²) in [6.07, 6.45) is 1.60. The molecule has 3 aromatic heterocycles. The molecule has 0 unspecified atom stereocenters. The van der Waals surface area contributed by atoms with Gasteiger partial charge in [0.2, 0.25) is 21.9 Å². The molecule has 14 heteroatoms. The standard InChI is InChI=1S/C27H38N6O6S.ClH/c1-6-38-21-11-17-10-20(39-25(17)15(3)29-21)22-14(2)30-27(28-12-16-7-8-16)32-26(22)31-19-9-18(23(34)24(19)35)13-33(4)40(5,36)37;/h10-11,16,18-19,23-24,34-35H,6-9,12-13H2,1-5H3,(H2,28,30,31,32);1H/t18-,19-,23-,24+;/m1./s1. The van der Waals surface area contributed by atoms with Gasteiger partial charge in [0.25, 0.3) is 0 Å². The van der Waals surface area contributed by atoms with Crippen molar-refractivity contribution in [1.82, 2.24) is 19.3 Å². The molecular weight excluding hydrogens is 572 g/mol. The molecule has 0 aromatic carbocycles. The Kier molecular flexibility index (Phi) is 9.34. The first-order valence-electron chi connectivity index (χ1n) is 13.7. The zero-order chi connectivity index (χ0) is 28.8. The molecule has 226 valence electrons. The Bertz CT molecular complexity index is 1500. The Labute approximate surface area is 246 Å². The third-order valence-corrected chi connectivity index (χ3v) is 8.98. The van der Waals surface area contributed by atoms with E-state index in [2.05, 4.69) is 15.6 Å². The number of halogens is 1. The van der Waals surface area contributed by atoms with Crippen LogP contribution in [0.4, 0.5) is 11.8 Å². The van der Waals surface area contributed by atoms with Crippen LogP contribution in [-0.2, 0) is 10.0 Å². The number of nitrogens with zero attached hydrogens (tertiary/aromatic N) is 4. The maximum absolute atomic E-state index is 11.9. The SMILES string of the molecule is CCOc1cc2cc(-c3c(C)nc(NCC4CC4)nc3N[C@@H]3C[C@H](CN(C)S(C)(=O)=O)[C@@H](O)[C@H]3O)oc2c(C)n1.Cl. The molecule has 4 atom stereocenters. The van der Waals surface area contributed by atoms with Gasteiger partial charge in [0.1, 0.15) is 17.7 Å². The first-order valence-corrected chi connectivity index (χ1v) is 15.5. The van der Waals surface area contributed by atoms with E-state index in [0.717, 1.165) is 18.2 Å². The van der Waals surface area contributed by atoms with Crippen LogP contribution in [0.3, 0.4) is 0 Å². The van der Waals surface area contributed by atoms with E-state index >= 15 is 0 Å². The van der Waals surface area contributed by atoms with Gasteiger partial charge in [-0.15, -0.1) is 12.4 Å². The Morgan fingerprint density at radius 1 is 1.12 bits per heavy atom. The molecule has 4 N–H and O–H groups in total. The smallest absolute Gasteiger partial charge is 0.224 e. The molecule has 5 rings (SSSR count). The van der Waals surface area contributed by atoms with Gasteiger partial charge in [-0.1, -0.05) is 0 Å². The van der Waals surface area contributed by atoms with Crippen molar-refractivity contribution in [2.45, 2.75) is 58.3 Å². The monoisotopic (exact) mass is 610 g/mol. The van der Waals surface area contributed by atoms with Gasteiger partial charge >= 0.3 is 0 Å². The highest BCUT2D eigenvalue weighted by Gasteiger charge is 2.43. The minimum atomic E-state index is -3.43. The number of sulfonamides is 1. The van der Waals surface area contributed by atoms with E-state index in [-0.39, 0.29) is 19.0 Å². The number of aryl methyl sites for hydroxylation is 2. The van der Waals surface area contributed by atoms with Gasteiger partial charge in [-0.2, -0.15) is 4.98 Å². The Morgan fingerprint density at radius 3 is 2.51 bits per heavy atom. The van der Waals surface area contributed by atoms with Crippen LogP contribution in [0, 0.1) is 25.7 Å². The molecule has 41 heavy (non-hydrogen) atoms. The van der Waals surface area contributed by atoms with Crippen LogP contribution in [0.15, 0.2) is 16.5 Å². The zero-order valence-electron chi connectivity index (χ0n) is 23.9. The van der Waals surface area contributed by atoms with Gasteiger partial charge in [-0.05, 0) is 52.0 Å². The number of aliphatic hydroxyl groups is 2. The number of hydrogen-bond donors (Lipinski definition) is 4. The van der Waals surface area contributed by atoms with Crippen LogP contribution in [0.2, 0.25) is 0 Å². The molecule has 0 saturated heterocycles. The predicted molar refractivity (Wildman–Crippen MR) is 159 cm³/mol. The van der Waals surface area contributed by atoms with Crippen LogP contribution >= 0.6 is 12.4 Å². The highest BCUT2D eigenvalue weighted by Crippen LogP contribution is 2.38. The van der Waals surface area contributed by atoms with Gasteiger partial charge in [0, 0.05) is 37.5 Å². The minimum Gasteiger partial charge on any atom is -0.478 e. The van der Waals surface area contributed by atoms with Gasteiger partial charge < -0.3 is 30.0 Å². The average molecular weight is 611 g/mol. The number of nitrogens with one attached hydrogen (secondary N) is 2. The summed E-state index contributed by atoms with van der Waals surface area (Å²) in [7, 11) is -1.96. The second-order valence-electron chi connectivity index (χ2n) is 11.0. The number of hydrogen-bond acceptors (Lipinski definition) is 11. The van der Waals surface area contributed by atoms with E-state index < -0.39 is 34.2 Å².